The number of rotatable bonds is 3. The first-order valence-electron chi connectivity index (χ1n) is 12.2. The number of amides is 1. The van der Waals surface area contributed by atoms with Crippen molar-refractivity contribution in [2.45, 2.75) is 43.7 Å². The number of aromatic hydroxyl groups is 1. The average molecular weight is 498 g/mol. The summed E-state index contributed by atoms with van der Waals surface area (Å²) >= 11 is 0. The van der Waals surface area contributed by atoms with E-state index in [1.165, 1.54) is 11.0 Å². The molecule has 0 spiro atoms. The zero-order valence-corrected chi connectivity index (χ0v) is 20.3. The molecule has 5 rings (SSSR count). The molecule has 1 heterocycles. The van der Waals surface area contributed by atoms with Crippen LogP contribution in [0.5, 0.6) is 5.75 Å². The molecule has 10 heteroatoms. The van der Waals surface area contributed by atoms with Crippen LogP contribution in [0, 0.1) is 11.8 Å². The van der Waals surface area contributed by atoms with E-state index < -0.39 is 58.0 Å². The van der Waals surface area contributed by atoms with Crippen molar-refractivity contribution < 1.29 is 34.8 Å². The van der Waals surface area contributed by atoms with E-state index in [9.17, 15) is 34.8 Å². The summed E-state index contributed by atoms with van der Waals surface area (Å²) in [6.07, 6.45) is 3.57. The fourth-order valence-electron chi connectivity index (χ4n) is 6.66. The van der Waals surface area contributed by atoms with Crippen LogP contribution in [0.2, 0.25) is 0 Å². The number of carbonyl (C=O) groups is 3. The molecule has 0 radical (unpaired) electrons. The van der Waals surface area contributed by atoms with Crippen molar-refractivity contribution in [3.05, 3.63) is 40.2 Å². The monoisotopic (exact) mass is 497 g/mol. The highest BCUT2D eigenvalue weighted by atomic mass is 16.3. The van der Waals surface area contributed by atoms with Gasteiger partial charge in [-0.2, -0.15) is 0 Å². The molecule has 1 aliphatic heterocycles. The molecule has 4 unspecified atom stereocenters. The molecule has 1 saturated heterocycles. The van der Waals surface area contributed by atoms with Gasteiger partial charge in [0.05, 0.1) is 11.6 Å². The number of carbonyl (C=O) groups excluding carboxylic acids is 3. The first-order valence-corrected chi connectivity index (χ1v) is 12.2. The van der Waals surface area contributed by atoms with Crippen molar-refractivity contribution in [3.63, 3.8) is 0 Å². The number of piperidine rings is 1. The number of primary amides is 1. The Morgan fingerprint density at radius 2 is 1.78 bits per heavy atom. The minimum Gasteiger partial charge on any atom is -0.508 e. The van der Waals surface area contributed by atoms with Gasteiger partial charge >= 0.3 is 0 Å². The number of anilines is 1. The Bertz CT molecular complexity index is 1240. The van der Waals surface area contributed by atoms with Gasteiger partial charge in [-0.25, -0.2) is 0 Å². The van der Waals surface area contributed by atoms with Gasteiger partial charge in [0.2, 0.25) is 5.78 Å². The first-order chi connectivity index (χ1) is 17.0. The van der Waals surface area contributed by atoms with Crippen LogP contribution in [-0.2, 0) is 20.8 Å². The van der Waals surface area contributed by atoms with E-state index >= 15 is 0 Å². The van der Waals surface area contributed by atoms with E-state index in [-0.39, 0.29) is 23.3 Å². The number of phenols is 1. The number of ketones is 2. The Hall–Kier alpha value is -3.37. The van der Waals surface area contributed by atoms with Crippen LogP contribution >= 0.6 is 0 Å². The summed E-state index contributed by atoms with van der Waals surface area (Å²) < 4.78 is 0. The number of hydrogen-bond donors (Lipinski definition) is 5. The van der Waals surface area contributed by atoms with Gasteiger partial charge in [-0.05, 0) is 69.8 Å². The minimum absolute atomic E-state index is 0.0842. The number of fused-ring (bicyclic) bond motifs is 3. The molecule has 3 aliphatic carbocycles. The van der Waals surface area contributed by atoms with Gasteiger partial charge in [-0.15, -0.1) is 0 Å². The van der Waals surface area contributed by atoms with Crippen LogP contribution in [0.3, 0.4) is 0 Å². The number of aliphatic hydroxyl groups is 3. The molecule has 0 aromatic heterocycles. The molecule has 6 N–H and O–H groups in total. The number of aliphatic hydroxyl groups excluding tert-OH is 2. The molecule has 36 heavy (non-hydrogen) atoms. The van der Waals surface area contributed by atoms with Crippen molar-refractivity contribution in [2.75, 3.05) is 32.1 Å². The number of benzene rings is 1. The number of phenolic OH excluding ortho intramolecular Hbond substituents is 1. The lowest BCUT2D eigenvalue weighted by Crippen LogP contribution is -2.65. The highest BCUT2D eigenvalue weighted by Crippen LogP contribution is 2.53. The van der Waals surface area contributed by atoms with E-state index in [1.807, 2.05) is 6.07 Å². The summed E-state index contributed by atoms with van der Waals surface area (Å²) in [5.41, 5.74) is 3.51. The van der Waals surface area contributed by atoms with Crippen molar-refractivity contribution in [1.29, 1.82) is 0 Å². The van der Waals surface area contributed by atoms with Crippen LogP contribution in [-0.4, -0.2) is 81.6 Å². The normalized spacial score (nSPS) is 30.3. The van der Waals surface area contributed by atoms with Crippen LogP contribution in [0.1, 0.15) is 36.8 Å². The molecule has 1 saturated carbocycles. The maximum atomic E-state index is 13.9. The third-order valence-electron chi connectivity index (χ3n) is 8.28. The van der Waals surface area contributed by atoms with Crippen LogP contribution in [0.25, 0.3) is 5.76 Å². The standard InChI is InChI=1S/C26H31N3O7/c1-28(2)20-14-11-12-10-13-15(29-8-4-3-5-9-29)6-7-16(30)18(13)21(31)17(12)23(33)26(14,36)24(34)19(22(20)32)25(27)35/h6-7,12,14,20,30-31,34,36H,3-5,8-11H2,1-2H3,(H2,27,35). The van der Waals surface area contributed by atoms with Gasteiger partial charge in [0.15, 0.2) is 11.4 Å². The van der Waals surface area contributed by atoms with E-state index in [4.69, 9.17) is 5.73 Å². The Labute approximate surface area is 208 Å². The smallest absolute Gasteiger partial charge is 0.255 e. The summed E-state index contributed by atoms with van der Waals surface area (Å²) in [5, 5.41) is 44.5. The lowest BCUT2D eigenvalue weighted by Gasteiger charge is -2.50. The molecule has 4 aliphatic rings. The van der Waals surface area contributed by atoms with E-state index in [2.05, 4.69) is 4.90 Å². The predicted octanol–water partition coefficient (Wildman–Crippen LogP) is 0.954. The minimum atomic E-state index is -2.62. The maximum absolute atomic E-state index is 13.9. The highest BCUT2D eigenvalue weighted by molar-refractivity contribution is 6.24. The molecule has 10 nitrogen and oxygen atoms in total. The topological polar surface area (TPSA) is 165 Å². The van der Waals surface area contributed by atoms with Gasteiger partial charge in [0, 0.05) is 30.3 Å². The van der Waals surface area contributed by atoms with Gasteiger partial charge in [-0.3, -0.25) is 19.3 Å². The average Bonchev–Trinajstić information content (AvgIpc) is 2.81. The molecule has 0 bridgehead atoms. The summed E-state index contributed by atoms with van der Waals surface area (Å²) in [5.74, 6) is -6.38. The SMILES string of the molecule is CN(C)C1C(=O)C(C(N)=O)=C(O)C2(O)C(=O)C3=C(O)c4c(O)ccc(N5CCCCC5)c4CC3CC12. The number of Topliss-reactive ketones (excluding diaryl/α,β-unsaturated/α-hetero) is 2. The van der Waals surface area contributed by atoms with Crippen molar-refractivity contribution >= 4 is 28.9 Å². The van der Waals surface area contributed by atoms with Gasteiger partial charge in [-0.1, -0.05) is 0 Å². The number of nitrogens with two attached hydrogens (primary N) is 1. The Balaban J connectivity index is 1.70. The largest absolute Gasteiger partial charge is 0.508 e. The molecule has 4 atom stereocenters. The van der Waals surface area contributed by atoms with E-state index in [0.717, 1.165) is 38.0 Å². The Kier molecular flexibility index (Phi) is 5.64. The molecule has 1 amide bonds. The molecular formula is C26H31N3O7. The molecule has 2 fully saturated rings. The summed E-state index contributed by atoms with van der Waals surface area (Å²) in [7, 11) is 3.17. The number of hydrogen-bond acceptors (Lipinski definition) is 9. The van der Waals surface area contributed by atoms with Crippen LogP contribution in [0.4, 0.5) is 5.69 Å². The zero-order valence-electron chi connectivity index (χ0n) is 20.3. The van der Waals surface area contributed by atoms with Crippen LogP contribution < -0.4 is 10.6 Å². The number of likely N-dealkylation sites (N-methyl/N-ethyl adjacent to an activating group) is 1. The zero-order chi connectivity index (χ0) is 26.1. The van der Waals surface area contributed by atoms with E-state index in [1.54, 1.807) is 14.1 Å². The second kappa shape index (κ2) is 8.35. The lowest BCUT2D eigenvalue weighted by molar-refractivity contribution is -0.153. The fraction of sp³-hybridized carbons (Fsp3) is 0.500. The summed E-state index contributed by atoms with van der Waals surface area (Å²) in [4.78, 5) is 42.8. The third kappa shape index (κ3) is 3.20. The van der Waals surface area contributed by atoms with Crippen LogP contribution in [0.15, 0.2) is 29.0 Å². The number of nitrogens with zero attached hydrogens (tertiary/aromatic N) is 2. The van der Waals surface area contributed by atoms with E-state index in [0.29, 0.717) is 12.0 Å². The van der Waals surface area contributed by atoms with Gasteiger partial charge < -0.3 is 31.1 Å². The molecule has 1 aromatic carbocycles. The Morgan fingerprint density at radius 1 is 1.11 bits per heavy atom. The predicted molar refractivity (Wildman–Crippen MR) is 130 cm³/mol. The van der Waals surface area contributed by atoms with Crippen molar-refractivity contribution in [2.24, 2.45) is 17.6 Å². The summed E-state index contributed by atoms with van der Waals surface area (Å²) in [6.45, 7) is 1.68. The second-order valence-electron chi connectivity index (χ2n) is 10.5. The third-order valence-corrected chi connectivity index (χ3v) is 8.28. The van der Waals surface area contributed by atoms with Gasteiger partial charge in [0.1, 0.15) is 22.8 Å². The summed E-state index contributed by atoms with van der Waals surface area (Å²) in [6, 6.07) is 2.21. The van der Waals surface area contributed by atoms with Gasteiger partial charge in [0.25, 0.3) is 5.91 Å². The van der Waals surface area contributed by atoms with Crippen molar-refractivity contribution in [3.8, 4) is 5.75 Å². The highest BCUT2D eigenvalue weighted by Gasteiger charge is 2.64. The molecular weight excluding hydrogens is 466 g/mol. The fourth-order valence-corrected chi connectivity index (χ4v) is 6.66. The quantitative estimate of drug-likeness (QED) is 0.382. The maximum Gasteiger partial charge on any atom is 0.255 e. The second-order valence-corrected chi connectivity index (χ2v) is 10.5. The Morgan fingerprint density at radius 3 is 2.39 bits per heavy atom. The molecule has 192 valence electrons. The first kappa shape index (κ1) is 24.3. The van der Waals surface area contributed by atoms with Crippen molar-refractivity contribution in [1.82, 2.24) is 4.90 Å². The molecule has 1 aromatic rings. The lowest BCUT2D eigenvalue weighted by atomic mass is 9.57.